The first-order valence-electron chi connectivity index (χ1n) is 5.44. The third-order valence-electron chi connectivity index (χ3n) is 3.24. The Morgan fingerprint density at radius 1 is 1.40 bits per heavy atom. The molecule has 0 saturated carbocycles. The number of ether oxygens (including phenoxy) is 1. The zero-order chi connectivity index (χ0) is 10.3. The average molecular weight is 201 g/mol. The van der Waals surface area contributed by atoms with Crippen molar-refractivity contribution in [3.05, 3.63) is 36.0 Å². The van der Waals surface area contributed by atoms with E-state index >= 15 is 0 Å². The maximum Gasteiger partial charge on any atom is 0.0511 e. The van der Waals surface area contributed by atoms with Crippen LogP contribution >= 0.6 is 0 Å². The Morgan fingerprint density at radius 3 is 3.13 bits per heavy atom. The molecule has 2 nitrogen and oxygen atoms in total. The molecule has 0 amide bonds. The summed E-state index contributed by atoms with van der Waals surface area (Å²) in [5.41, 5.74) is 2.82. The van der Waals surface area contributed by atoms with E-state index in [2.05, 4.69) is 34.9 Å². The molecule has 2 heterocycles. The normalized spacial score (nSPS) is 19.7. The fourth-order valence-electron chi connectivity index (χ4n) is 2.62. The quantitative estimate of drug-likeness (QED) is 0.728. The molecule has 0 fully saturated rings. The van der Waals surface area contributed by atoms with Crippen molar-refractivity contribution in [2.24, 2.45) is 5.92 Å². The Hall–Kier alpha value is -1.28. The molecule has 0 bridgehead atoms. The molecule has 0 radical (unpaired) electrons. The van der Waals surface area contributed by atoms with Crippen LogP contribution in [0, 0.1) is 5.92 Å². The maximum atomic E-state index is 5.23. The van der Waals surface area contributed by atoms with E-state index in [1.54, 1.807) is 7.11 Å². The largest absolute Gasteiger partial charge is 0.384 e. The van der Waals surface area contributed by atoms with Gasteiger partial charge in [-0.25, -0.2) is 0 Å². The highest BCUT2D eigenvalue weighted by atomic mass is 16.5. The minimum absolute atomic E-state index is 0.662. The van der Waals surface area contributed by atoms with Crippen LogP contribution in [0.15, 0.2) is 30.3 Å². The lowest BCUT2D eigenvalue weighted by molar-refractivity contribution is 0.152. The number of hydrogen-bond donors (Lipinski definition) is 0. The average Bonchev–Trinajstić information content (AvgIpc) is 2.75. The number of nitrogens with zero attached hydrogens (tertiary/aromatic N) is 1. The lowest BCUT2D eigenvalue weighted by Crippen LogP contribution is -2.09. The summed E-state index contributed by atoms with van der Waals surface area (Å²) < 4.78 is 7.65. The predicted octanol–water partition coefficient (Wildman–Crippen LogP) is 2.46. The lowest BCUT2D eigenvalue weighted by Gasteiger charge is -2.07. The van der Waals surface area contributed by atoms with Gasteiger partial charge in [-0.3, -0.25) is 0 Å². The number of aromatic nitrogens is 1. The van der Waals surface area contributed by atoms with E-state index in [1.165, 1.54) is 16.6 Å². The zero-order valence-electron chi connectivity index (χ0n) is 8.94. The monoisotopic (exact) mass is 201 g/mol. The highest BCUT2D eigenvalue weighted by molar-refractivity contribution is 5.81. The van der Waals surface area contributed by atoms with Crippen molar-refractivity contribution in [3.63, 3.8) is 0 Å². The van der Waals surface area contributed by atoms with Gasteiger partial charge in [0, 0.05) is 30.8 Å². The van der Waals surface area contributed by atoms with E-state index < -0.39 is 0 Å². The molecule has 0 spiro atoms. The number of methoxy groups -OCH3 is 1. The molecule has 2 heteroatoms. The number of para-hydroxylation sites is 1. The topological polar surface area (TPSA) is 14.2 Å². The van der Waals surface area contributed by atoms with Gasteiger partial charge >= 0.3 is 0 Å². The molecule has 3 rings (SSSR count). The van der Waals surface area contributed by atoms with Gasteiger partial charge in [0.1, 0.15) is 0 Å². The molecule has 0 N–H and O–H groups in total. The van der Waals surface area contributed by atoms with Crippen molar-refractivity contribution < 1.29 is 4.74 Å². The second-order valence-electron chi connectivity index (χ2n) is 4.33. The minimum Gasteiger partial charge on any atom is -0.384 e. The van der Waals surface area contributed by atoms with Crippen molar-refractivity contribution in [2.75, 3.05) is 13.7 Å². The molecular formula is C13H15NO. The molecule has 0 aliphatic carbocycles. The van der Waals surface area contributed by atoms with Crippen LogP contribution in [0.25, 0.3) is 10.9 Å². The molecule has 0 saturated heterocycles. The van der Waals surface area contributed by atoms with Crippen LogP contribution in [0.4, 0.5) is 0 Å². The predicted molar refractivity (Wildman–Crippen MR) is 61.0 cm³/mol. The van der Waals surface area contributed by atoms with Gasteiger partial charge in [0.15, 0.2) is 0 Å². The van der Waals surface area contributed by atoms with Crippen molar-refractivity contribution in [1.82, 2.24) is 4.57 Å². The van der Waals surface area contributed by atoms with E-state index in [-0.39, 0.29) is 0 Å². The smallest absolute Gasteiger partial charge is 0.0511 e. The Bertz CT molecular complexity index is 486. The van der Waals surface area contributed by atoms with Crippen molar-refractivity contribution in [3.8, 4) is 0 Å². The number of rotatable bonds is 2. The van der Waals surface area contributed by atoms with Crippen molar-refractivity contribution in [1.29, 1.82) is 0 Å². The van der Waals surface area contributed by atoms with Crippen LogP contribution in [0.5, 0.6) is 0 Å². The minimum atomic E-state index is 0.662. The van der Waals surface area contributed by atoms with Gasteiger partial charge in [0.2, 0.25) is 0 Å². The van der Waals surface area contributed by atoms with Crippen LogP contribution in [-0.4, -0.2) is 18.3 Å². The highest BCUT2D eigenvalue weighted by Gasteiger charge is 2.22. The van der Waals surface area contributed by atoms with Crippen molar-refractivity contribution >= 4 is 10.9 Å². The van der Waals surface area contributed by atoms with Crippen LogP contribution in [0.3, 0.4) is 0 Å². The van der Waals surface area contributed by atoms with Gasteiger partial charge in [-0.2, -0.15) is 0 Å². The summed E-state index contributed by atoms with van der Waals surface area (Å²) in [6.45, 7) is 1.98. The van der Waals surface area contributed by atoms with E-state index in [4.69, 9.17) is 4.74 Å². The zero-order valence-corrected chi connectivity index (χ0v) is 8.94. The molecule has 1 atom stereocenters. The van der Waals surface area contributed by atoms with Crippen LogP contribution in [0.1, 0.15) is 5.69 Å². The van der Waals surface area contributed by atoms with Gasteiger partial charge in [-0.15, -0.1) is 0 Å². The summed E-state index contributed by atoms with van der Waals surface area (Å²) in [5, 5.41) is 1.36. The first-order valence-corrected chi connectivity index (χ1v) is 5.44. The summed E-state index contributed by atoms with van der Waals surface area (Å²) in [5.74, 6) is 0.662. The molecule has 1 aliphatic rings. The number of fused-ring (bicyclic) bond motifs is 3. The molecule has 1 aromatic heterocycles. The Kier molecular flexibility index (Phi) is 2.03. The van der Waals surface area contributed by atoms with Gasteiger partial charge in [-0.1, -0.05) is 18.2 Å². The molecule has 78 valence electrons. The summed E-state index contributed by atoms with van der Waals surface area (Å²) in [6.07, 6.45) is 1.16. The first kappa shape index (κ1) is 8.98. The molecule has 15 heavy (non-hydrogen) atoms. The second kappa shape index (κ2) is 3.38. The molecule has 2 aromatic rings. The first-order chi connectivity index (χ1) is 7.38. The summed E-state index contributed by atoms with van der Waals surface area (Å²) in [6, 6.07) is 10.9. The van der Waals surface area contributed by atoms with Crippen LogP contribution < -0.4 is 0 Å². The van der Waals surface area contributed by atoms with E-state index in [0.29, 0.717) is 5.92 Å². The lowest BCUT2D eigenvalue weighted by atomic mass is 10.1. The van der Waals surface area contributed by atoms with Crippen LogP contribution in [-0.2, 0) is 17.7 Å². The van der Waals surface area contributed by atoms with Gasteiger partial charge in [0.25, 0.3) is 0 Å². The summed E-state index contributed by atoms with van der Waals surface area (Å²) in [7, 11) is 1.78. The summed E-state index contributed by atoms with van der Waals surface area (Å²) in [4.78, 5) is 0. The highest BCUT2D eigenvalue weighted by Crippen LogP contribution is 2.28. The van der Waals surface area contributed by atoms with E-state index in [0.717, 1.165) is 19.6 Å². The standard InChI is InChI=1S/C13H15NO/c1-15-9-10-6-12-7-11-4-2-3-5-13(11)14(12)8-10/h2-5,7,10H,6,8-9H2,1H3/t10-/m0/s1. The Labute approximate surface area is 89.5 Å². The van der Waals surface area contributed by atoms with E-state index in [9.17, 15) is 0 Å². The van der Waals surface area contributed by atoms with E-state index in [1.807, 2.05) is 0 Å². The Balaban J connectivity index is 2.01. The molecule has 1 aromatic carbocycles. The number of benzene rings is 1. The molecule has 1 aliphatic heterocycles. The molecule has 0 unspecified atom stereocenters. The third-order valence-corrected chi connectivity index (χ3v) is 3.24. The van der Waals surface area contributed by atoms with Crippen LogP contribution in [0.2, 0.25) is 0 Å². The molecular weight excluding hydrogens is 186 g/mol. The van der Waals surface area contributed by atoms with Gasteiger partial charge in [-0.05, 0) is 23.9 Å². The fourth-order valence-corrected chi connectivity index (χ4v) is 2.62. The maximum absolute atomic E-state index is 5.23. The third kappa shape index (κ3) is 1.37. The SMILES string of the molecule is COC[C@H]1Cc2cc3ccccc3n2C1. The van der Waals surface area contributed by atoms with Crippen molar-refractivity contribution in [2.45, 2.75) is 13.0 Å². The number of hydrogen-bond acceptors (Lipinski definition) is 1. The van der Waals surface area contributed by atoms with Gasteiger partial charge in [0.05, 0.1) is 6.61 Å². The second-order valence-corrected chi connectivity index (χ2v) is 4.33. The van der Waals surface area contributed by atoms with Gasteiger partial charge < -0.3 is 9.30 Å². The Morgan fingerprint density at radius 2 is 2.27 bits per heavy atom. The summed E-state index contributed by atoms with van der Waals surface area (Å²) >= 11 is 0. The fraction of sp³-hybridized carbons (Fsp3) is 0.385.